The summed E-state index contributed by atoms with van der Waals surface area (Å²) < 4.78 is 38.0. The number of hydrogen-bond acceptors (Lipinski definition) is 6. The van der Waals surface area contributed by atoms with E-state index in [-0.39, 0.29) is 10.6 Å². The Balaban J connectivity index is 2.12. The Bertz CT molecular complexity index is 821. The van der Waals surface area contributed by atoms with Crippen molar-refractivity contribution < 1.29 is 17.9 Å². The number of ether oxygens (including phenoxy) is 2. The topological polar surface area (TPSA) is 89.6 Å². The standard InChI is InChI=1S/C18H25N3O4S/c1-13(2)9-10-19-18-8-5-14(12-20-18)21-26(22,23)17-7-6-15(24-3)11-16(17)25-4/h5-8,11-13,21H,9-10H2,1-4H3,(H,19,20). The molecule has 2 rings (SSSR count). The highest BCUT2D eigenvalue weighted by Crippen LogP contribution is 2.29. The van der Waals surface area contributed by atoms with Gasteiger partial charge in [0.1, 0.15) is 22.2 Å². The molecule has 0 aliphatic rings. The molecule has 1 aromatic heterocycles. The molecule has 0 spiro atoms. The van der Waals surface area contributed by atoms with Crippen molar-refractivity contribution in [1.29, 1.82) is 0 Å². The number of anilines is 2. The minimum atomic E-state index is -3.81. The van der Waals surface area contributed by atoms with E-state index in [0.717, 1.165) is 13.0 Å². The van der Waals surface area contributed by atoms with Crippen LogP contribution in [0.25, 0.3) is 0 Å². The zero-order chi connectivity index (χ0) is 19.2. The minimum absolute atomic E-state index is 0.0277. The van der Waals surface area contributed by atoms with Crippen LogP contribution in [-0.4, -0.2) is 34.2 Å². The third-order valence-electron chi connectivity index (χ3n) is 3.70. The van der Waals surface area contributed by atoms with Crippen LogP contribution in [0.1, 0.15) is 20.3 Å². The molecule has 7 nitrogen and oxygen atoms in total. The first-order valence-corrected chi connectivity index (χ1v) is 9.79. The number of sulfonamides is 1. The zero-order valence-electron chi connectivity index (χ0n) is 15.4. The maximum atomic E-state index is 12.6. The van der Waals surface area contributed by atoms with E-state index in [1.165, 1.54) is 32.5 Å². The van der Waals surface area contributed by atoms with Crippen molar-refractivity contribution in [3.63, 3.8) is 0 Å². The molecule has 2 aromatic rings. The second kappa shape index (κ2) is 8.75. The normalized spacial score (nSPS) is 11.3. The molecule has 0 atom stereocenters. The molecular weight excluding hydrogens is 354 g/mol. The Morgan fingerprint density at radius 3 is 2.46 bits per heavy atom. The van der Waals surface area contributed by atoms with Gasteiger partial charge in [0.15, 0.2) is 0 Å². The van der Waals surface area contributed by atoms with Gasteiger partial charge < -0.3 is 14.8 Å². The summed E-state index contributed by atoms with van der Waals surface area (Å²) in [7, 11) is -0.900. The Kier molecular flexibility index (Phi) is 6.68. The van der Waals surface area contributed by atoms with Crippen molar-refractivity contribution in [1.82, 2.24) is 4.98 Å². The van der Waals surface area contributed by atoms with Crippen LogP contribution in [0.15, 0.2) is 41.4 Å². The molecule has 0 radical (unpaired) electrons. The fourth-order valence-corrected chi connectivity index (χ4v) is 3.45. The van der Waals surface area contributed by atoms with Gasteiger partial charge in [0, 0.05) is 12.6 Å². The molecule has 1 heterocycles. The maximum Gasteiger partial charge on any atom is 0.265 e. The monoisotopic (exact) mass is 379 g/mol. The third-order valence-corrected chi connectivity index (χ3v) is 5.12. The van der Waals surface area contributed by atoms with Gasteiger partial charge in [0.2, 0.25) is 0 Å². The van der Waals surface area contributed by atoms with Crippen LogP contribution in [0.4, 0.5) is 11.5 Å². The zero-order valence-corrected chi connectivity index (χ0v) is 16.3. The van der Waals surface area contributed by atoms with Crippen LogP contribution < -0.4 is 19.5 Å². The van der Waals surface area contributed by atoms with Crippen molar-refractivity contribution in [2.24, 2.45) is 5.92 Å². The van der Waals surface area contributed by atoms with Crippen LogP contribution >= 0.6 is 0 Å². The van der Waals surface area contributed by atoms with E-state index in [1.807, 2.05) is 0 Å². The number of rotatable bonds is 9. The number of hydrogen-bond donors (Lipinski definition) is 2. The quantitative estimate of drug-likeness (QED) is 0.694. The van der Waals surface area contributed by atoms with Crippen LogP contribution in [-0.2, 0) is 10.0 Å². The van der Waals surface area contributed by atoms with Gasteiger partial charge in [-0.2, -0.15) is 0 Å². The summed E-state index contributed by atoms with van der Waals surface area (Å²) in [6.07, 6.45) is 2.51. The van der Waals surface area contributed by atoms with Crippen LogP contribution in [0.5, 0.6) is 11.5 Å². The molecule has 0 saturated heterocycles. The summed E-state index contributed by atoms with van der Waals surface area (Å²) in [5.41, 5.74) is 0.372. The van der Waals surface area contributed by atoms with Crippen LogP contribution in [0.3, 0.4) is 0 Å². The molecule has 0 unspecified atom stereocenters. The van der Waals surface area contributed by atoms with Gasteiger partial charge in [-0.1, -0.05) is 13.8 Å². The lowest BCUT2D eigenvalue weighted by Crippen LogP contribution is -2.14. The molecule has 0 bridgehead atoms. The fraction of sp³-hybridized carbons (Fsp3) is 0.389. The summed E-state index contributed by atoms with van der Waals surface area (Å²) in [5, 5.41) is 3.21. The number of nitrogens with one attached hydrogen (secondary N) is 2. The summed E-state index contributed by atoms with van der Waals surface area (Å²) in [6, 6.07) is 7.93. The number of aromatic nitrogens is 1. The number of benzene rings is 1. The molecule has 1 aromatic carbocycles. The molecule has 0 amide bonds. The first-order valence-electron chi connectivity index (χ1n) is 8.30. The second-order valence-corrected chi connectivity index (χ2v) is 7.81. The summed E-state index contributed by atoms with van der Waals surface area (Å²) >= 11 is 0. The number of methoxy groups -OCH3 is 2. The van der Waals surface area contributed by atoms with Gasteiger partial charge in [-0.3, -0.25) is 4.72 Å². The summed E-state index contributed by atoms with van der Waals surface area (Å²) in [4.78, 5) is 4.26. The van der Waals surface area contributed by atoms with Crippen molar-refractivity contribution in [3.8, 4) is 11.5 Å². The SMILES string of the molecule is COc1ccc(S(=O)(=O)Nc2ccc(NCCC(C)C)nc2)c(OC)c1. The van der Waals surface area contributed by atoms with E-state index in [9.17, 15) is 8.42 Å². The lowest BCUT2D eigenvalue weighted by molar-refractivity contribution is 0.386. The number of nitrogens with zero attached hydrogens (tertiary/aromatic N) is 1. The van der Waals surface area contributed by atoms with Gasteiger partial charge in [-0.15, -0.1) is 0 Å². The molecule has 142 valence electrons. The molecule has 2 N–H and O–H groups in total. The van der Waals surface area contributed by atoms with Gasteiger partial charge >= 0.3 is 0 Å². The largest absolute Gasteiger partial charge is 0.497 e. The highest BCUT2D eigenvalue weighted by atomic mass is 32.2. The predicted octanol–water partition coefficient (Wildman–Crippen LogP) is 3.36. The van der Waals surface area contributed by atoms with Crippen molar-refractivity contribution in [2.75, 3.05) is 30.8 Å². The van der Waals surface area contributed by atoms with E-state index < -0.39 is 10.0 Å². The van der Waals surface area contributed by atoms with E-state index >= 15 is 0 Å². The molecule has 0 aliphatic heterocycles. The lowest BCUT2D eigenvalue weighted by atomic mass is 10.1. The summed E-state index contributed by atoms with van der Waals surface area (Å²) in [5.74, 6) is 2.03. The van der Waals surface area contributed by atoms with Gasteiger partial charge in [0.05, 0.1) is 26.1 Å². The highest BCUT2D eigenvalue weighted by molar-refractivity contribution is 7.92. The Morgan fingerprint density at radius 2 is 1.88 bits per heavy atom. The highest BCUT2D eigenvalue weighted by Gasteiger charge is 2.20. The lowest BCUT2D eigenvalue weighted by Gasteiger charge is -2.13. The Hall–Kier alpha value is -2.48. The minimum Gasteiger partial charge on any atom is -0.497 e. The van der Waals surface area contributed by atoms with Crippen LogP contribution in [0.2, 0.25) is 0 Å². The van der Waals surface area contributed by atoms with E-state index in [4.69, 9.17) is 9.47 Å². The third kappa shape index (κ3) is 5.26. The van der Waals surface area contributed by atoms with E-state index in [1.54, 1.807) is 18.2 Å². The molecule has 0 fully saturated rings. The Labute approximate surface area is 154 Å². The smallest absolute Gasteiger partial charge is 0.265 e. The fourth-order valence-electron chi connectivity index (χ4n) is 2.25. The maximum absolute atomic E-state index is 12.6. The van der Waals surface area contributed by atoms with Gasteiger partial charge in [0.25, 0.3) is 10.0 Å². The summed E-state index contributed by atoms with van der Waals surface area (Å²) in [6.45, 7) is 5.12. The van der Waals surface area contributed by atoms with E-state index in [0.29, 0.717) is 23.2 Å². The predicted molar refractivity (Wildman–Crippen MR) is 103 cm³/mol. The van der Waals surface area contributed by atoms with Crippen LogP contribution in [0, 0.1) is 5.92 Å². The van der Waals surface area contributed by atoms with E-state index in [2.05, 4.69) is 28.9 Å². The van der Waals surface area contributed by atoms with Gasteiger partial charge in [-0.05, 0) is 36.6 Å². The number of pyridine rings is 1. The molecule has 0 saturated carbocycles. The average molecular weight is 379 g/mol. The van der Waals surface area contributed by atoms with Gasteiger partial charge in [-0.25, -0.2) is 13.4 Å². The average Bonchev–Trinajstić information content (AvgIpc) is 2.62. The molecule has 26 heavy (non-hydrogen) atoms. The molecular formula is C18H25N3O4S. The van der Waals surface area contributed by atoms with Crippen molar-refractivity contribution in [2.45, 2.75) is 25.2 Å². The Morgan fingerprint density at radius 1 is 1.12 bits per heavy atom. The van der Waals surface area contributed by atoms with Crippen molar-refractivity contribution >= 4 is 21.5 Å². The first kappa shape index (κ1) is 19.8. The molecule has 8 heteroatoms. The second-order valence-electron chi connectivity index (χ2n) is 6.16. The first-order chi connectivity index (χ1) is 12.4. The van der Waals surface area contributed by atoms with Crippen molar-refractivity contribution in [3.05, 3.63) is 36.5 Å². The molecule has 0 aliphatic carbocycles.